The normalized spacial score (nSPS) is 26.0. The molecular weight excluding hydrogens is 250 g/mol. The van der Waals surface area contributed by atoms with Crippen molar-refractivity contribution in [2.45, 2.75) is 25.3 Å². The van der Waals surface area contributed by atoms with Gasteiger partial charge < -0.3 is 15.4 Å². The second-order valence-electron chi connectivity index (χ2n) is 4.88. The fourth-order valence-electron chi connectivity index (χ4n) is 2.59. The van der Waals surface area contributed by atoms with Gasteiger partial charge in [0, 0.05) is 13.1 Å². The molecule has 2 fully saturated rings. The van der Waals surface area contributed by atoms with Gasteiger partial charge in [-0.05, 0) is 19.4 Å². The van der Waals surface area contributed by atoms with Crippen LogP contribution in [-0.4, -0.2) is 66.1 Å². The lowest BCUT2D eigenvalue weighted by atomic mass is 10.0. The summed E-state index contributed by atoms with van der Waals surface area (Å²) in [4.78, 5) is 16.7. The first kappa shape index (κ1) is 13.7. The number of amides is 1. The highest BCUT2D eigenvalue weighted by atomic mass is 32.1. The summed E-state index contributed by atoms with van der Waals surface area (Å²) in [6, 6.07) is 0.0961. The number of hydrogen-bond donors (Lipinski definition) is 1. The molecule has 1 unspecified atom stereocenters. The molecule has 0 aromatic rings. The number of nitrogens with two attached hydrogens (primary N) is 1. The van der Waals surface area contributed by atoms with Crippen molar-refractivity contribution in [3.63, 3.8) is 0 Å². The Labute approximate surface area is 113 Å². The van der Waals surface area contributed by atoms with Gasteiger partial charge in [-0.25, -0.2) is 0 Å². The van der Waals surface area contributed by atoms with Crippen LogP contribution in [-0.2, 0) is 9.53 Å². The Balaban J connectivity index is 1.89. The number of ether oxygens (including phenoxy) is 1. The van der Waals surface area contributed by atoms with Crippen molar-refractivity contribution in [1.82, 2.24) is 9.80 Å². The van der Waals surface area contributed by atoms with E-state index in [1.807, 2.05) is 4.90 Å². The van der Waals surface area contributed by atoms with Crippen LogP contribution < -0.4 is 5.73 Å². The Bertz CT molecular complexity index is 318. The summed E-state index contributed by atoms with van der Waals surface area (Å²) in [7, 11) is 0. The molecule has 0 saturated carbocycles. The first-order valence-corrected chi connectivity index (χ1v) is 6.98. The maximum Gasteiger partial charge on any atom is 0.236 e. The molecule has 0 bridgehead atoms. The highest BCUT2D eigenvalue weighted by molar-refractivity contribution is 7.80. The van der Waals surface area contributed by atoms with Crippen molar-refractivity contribution in [2.24, 2.45) is 5.73 Å². The van der Waals surface area contributed by atoms with Gasteiger partial charge in [0.2, 0.25) is 5.91 Å². The van der Waals surface area contributed by atoms with E-state index < -0.39 is 0 Å². The molecule has 6 heteroatoms. The number of hydrogen-bond acceptors (Lipinski definition) is 4. The first-order chi connectivity index (χ1) is 8.68. The van der Waals surface area contributed by atoms with E-state index in [1.165, 1.54) is 0 Å². The smallest absolute Gasteiger partial charge is 0.236 e. The van der Waals surface area contributed by atoms with Crippen LogP contribution >= 0.6 is 12.2 Å². The standard InChI is InChI=1S/C12H21N3O2S/c13-12(18)10-3-1-2-4-15(10)9-11(16)14-5-7-17-8-6-14/h10H,1-9H2,(H2,13,18). The molecule has 2 heterocycles. The van der Waals surface area contributed by atoms with Crippen LogP contribution in [0.4, 0.5) is 0 Å². The number of nitrogens with zero attached hydrogens (tertiary/aromatic N) is 2. The molecule has 102 valence electrons. The Morgan fingerprint density at radius 3 is 2.67 bits per heavy atom. The number of morpholine rings is 1. The van der Waals surface area contributed by atoms with Crippen LogP contribution in [0.5, 0.6) is 0 Å². The predicted octanol–water partition coefficient (Wildman–Crippen LogP) is -0.0142. The molecule has 0 spiro atoms. The Morgan fingerprint density at radius 2 is 2.00 bits per heavy atom. The minimum atomic E-state index is 0.0961. The van der Waals surface area contributed by atoms with E-state index in [-0.39, 0.29) is 11.9 Å². The van der Waals surface area contributed by atoms with Gasteiger partial charge in [0.25, 0.3) is 0 Å². The van der Waals surface area contributed by atoms with E-state index in [9.17, 15) is 4.79 Å². The summed E-state index contributed by atoms with van der Waals surface area (Å²) >= 11 is 5.09. The van der Waals surface area contributed by atoms with E-state index >= 15 is 0 Å². The van der Waals surface area contributed by atoms with Crippen LogP contribution in [0.1, 0.15) is 19.3 Å². The molecule has 0 aromatic heterocycles. The Kier molecular flexibility index (Phi) is 4.91. The Morgan fingerprint density at radius 1 is 1.28 bits per heavy atom. The maximum atomic E-state index is 12.2. The molecule has 0 radical (unpaired) electrons. The van der Waals surface area contributed by atoms with E-state index in [0.29, 0.717) is 37.8 Å². The number of piperidine rings is 1. The van der Waals surface area contributed by atoms with Crippen molar-refractivity contribution >= 4 is 23.1 Å². The zero-order chi connectivity index (χ0) is 13.0. The van der Waals surface area contributed by atoms with Gasteiger partial charge in [-0.2, -0.15) is 0 Å². The van der Waals surface area contributed by atoms with E-state index in [1.54, 1.807) is 0 Å². The van der Waals surface area contributed by atoms with Crippen molar-refractivity contribution < 1.29 is 9.53 Å². The van der Waals surface area contributed by atoms with Crippen molar-refractivity contribution in [3.8, 4) is 0 Å². The average Bonchev–Trinajstić information content (AvgIpc) is 2.40. The van der Waals surface area contributed by atoms with Crippen molar-refractivity contribution in [3.05, 3.63) is 0 Å². The van der Waals surface area contributed by atoms with Gasteiger partial charge in [-0.3, -0.25) is 9.69 Å². The van der Waals surface area contributed by atoms with Crippen LogP contribution in [0.2, 0.25) is 0 Å². The summed E-state index contributed by atoms with van der Waals surface area (Å²) in [5.41, 5.74) is 5.76. The van der Waals surface area contributed by atoms with Gasteiger partial charge >= 0.3 is 0 Å². The number of carbonyl (C=O) groups is 1. The molecule has 1 atom stereocenters. The van der Waals surface area contributed by atoms with E-state index in [2.05, 4.69) is 4.90 Å². The molecule has 2 saturated heterocycles. The Hall–Kier alpha value is -0.720. The lowest BCUT2D eigenvalue weighted by molar-refractivity contribution is -0.137. The maximum absolute atomic E-state index is 12.2. The van der Waals surface area contributed by atoms with Gasteiger partial charge in [-0.1, -0.05) is 18.6 Å². The lowest BCUT2D eigenvalue weighted by Gasteiger charge is -2.36. The minimum absolute atomic E-state index is 0.0961. The highest BCUT2D eigenvalue weighted by Gasteiger charge is 2.28. The third kappa shape index (κ3) is 3.40. The van der Waals surface area contributed by atoms with Crippen molar-refractivity contribution in [1.29, 1.82) is 0 Å². The topological polar surface area (TPSA) is 58.8 Å². The quantitative estimate of drug-likeness (QED) is 0.731. The predicted molar refractivity (Wildman–Crippen MR) is 73.4 cm³/mol. The van der Waals surface area contributed by atoms with Crippen LogP contribution in [0.25, 0.3) is 0 Å². The first-order valence-electron chi connectivity index (χ1n) is 6.57. The molecule has 1 amide bonds. The summed E-state index contributed by atoms with van der Waals surface area (Å²) in [5.74, 6) is 0.168. The molecule has 2 rings (SSSR count). The average molecular weight is 271 g/mol. The fourth-order valence-corrected chi connectivity index (χ4v) is 2.86. The van der Waals surface area contributed by atoms with Gasteiger partial charge in [0.05, 0.1) is 30.8 Å². The van der Waals surface area contributed by atoms with E-state index in [4.69, 9.17) is 22.7 Å². The second kappa shape index (κ2) is 6.45. The minimum Gasteiger partial charge on any atom is -0.392 e. The number of likely N-dealkylation sites (tertiary alicyclic amines) is 1. The summed E-state index contributed by atoms with van der Waals surface area (Å²) in [5, 5.41) is 0. The van der Waals surface area contributed by atoms with Gasteiger partial charge in [0.15, 0.2) is 0 Å². The number of rotatable bonds is 3. The molecule has 5 nitrogen and oxygen atoms in total. The highest BCUT2D eigenvalue weighted by Crippen LogP contribution is 2.17. The molecule has 18 heavy (non-hydrogen) atoms. The zero-order valence-electron chi connectivity index (χ0n) is 10.6. The monoisotopic (exact) mass is 271 g/mol. The fraction of sp³-hybridized carbons (Fsp3) is 0.833. The summed E-state index contributed by atoms with van der Waals surface area (Å²) in [6.07, 6.45) is 3.24. The summed E-state index contributed by atoms with van der Waals surface area (Å²) in [6.45, 7) is 4.03. The van der Waals surface area contributed by atoms with Crippen LogP contribution in [0, 0.1) is 0 Å². The zero-order valence-corrected chi connectivity index (χ0v) is 11.5. The van der Waals surface area contributed by atoms with Crippen LogP contribution in [0.15, 0.2) is 0 Å². The molecular formula is C12H21N3O2S. The summed E-state index contributed by atoms with van der Waals surface area (Å²) < 4.78 is 5.25. The van der Waals surface area contributed by atoms with Gasteiger partial charge in [-0.15, -0.1) is 0 Å². The molecule has 2 aliphatic rings. The second-order valence-corrected chi connectivity index (χ2v) is 5.35. The third-order valence-electron chi connectivity index (χ3n) is 3.64. The molecule has 0 aliphatic carbocycles. The number of carbonyl (C=O) groups excluding carboxylic acids is 1. The van der Waals surface area contributed by atoms with Crippen molar-refractivity contribution in [2.75, 3.05) is 39.4 Å². The van der Waals surface area contributed by atoms with Crippen LogP contribution in [0.3, 0.4) is 0 Å². The third-order valence-corrected chi connectivity index (χ3v) is 3.92. The lowest BCUT2D eigenvalue weighted by Crippen LogP contribution is -2.52. The number of thiocarbonyl (C=S) groups is 1. The SMILES string of the molecule is NC(=S)C1CCCCN1CC(=O)N1CCOCC1. The van der Waals surface area contributed by atoms with E-state index in [0.717, 1.165) is 25.8 Å². The molecule has 2 N–H and O–H groups in total. The molecule has 2 aliphatic heterocycles. The van der Waals surface area contributed by atoms with Gasteiger partial charge in [0.1, 0.15) is 0 Å². The largest absolute Gasteiger partial charge is 0.392 e. The molecule has 0 aromatic carbocycles.